The fraction of sp³-hybridized carbons (Fsp3) is 0.200. The summed E-state index contributed by atoms with van der Waals surface area (Å²) in [6.45, 7) is 4.10. The van der Waals surface area contributed by atoms with Crippen LogP contribution in [-0.4, -0.2) is 40.8 Å². The van der Waals surface area contributed by atoms with Gasteiger partial charge in [0.1, 0.15) is 0 Å². The van der Waals surface area contributed by atoms with Crippen molar-refractivity contribution in [2.24, 2.45) is 0 Å². The molecular weight excluding hydrogens is 312 g/mol. The van der Waals surface area contributed by atoms with E-state index in [1.54, 1.807) is 30.1 Å². The van der Waals surface area contributed by atoms with Gasteiger partial charge in [-0.1, -0.05) is 5.21 Å². The minimum Gasteiger partial charge on any atom is -0.476 e. The summed E-state index contributed by atoms with van der Waals surface area (Å²) in [4.78, 5) is 27.6. The van der Waals surface area contributed by atoms with Crippen LogP contribution in [0.15, 0.2) is 35.5 Å². The molecule has 0 aromatic carbocycles. The van der Waals surface area contributed by atoms with Crippen molar-refractivity contribution >= 4 is 5.97 Å². The molecule has 0 aliphatic carbocycles. The van der Waals surface area contributed by atoms with Crippen molar-refractivity contribution in [1.82, 2.24) is 29.8 Å². The number of hydrogen-bond donors (Lipinski definition) is 1. The Bertz CT molecular complexity index is 975. The van der Waals surface area contributed by atoms with E-state index >= 15 is 0 Å². The van der Waals surface area contributed by atoms with E-state index in [0.29, 0.717) is 17.8 Å². The first-order valence-electron chi connectivity index (χ1n) is 7.19. The highest BCUT2D eigenvalue weighted by Gasteiger charge is 2.14. The Hall–Kier alpha value is -3.36. The van der Waals surface area contributed by atoms with Gasteiger partial charge in [0, 0.05) is 23.9 Å². The molecule has 0 bridgehead atoms. The van der Waals surface area contributed by atoms with E-state index in [2.05, 4.69) is 20.4 Å². The van der Waals surface area contributed by atoms with Crippen LogP contribution in [0.5, 0.6) is 0 Å². The third-order valence-corrected chi connectivity index (χ3v) is 3.49. The number of carbonyl (C=O) groups is 1. The Labute approximate surface area is 136 Å². The van der Waals surface area contributed by atoms with Crippen LogP contribution in [0, 0.1) is 6.92 Å². The standard InChI is InChI=1S/C15H14N6O3/c1-3-20-13(8-17-19-20)10-5-11(7-16-6-10)21-14(22)9(2)4-12(18-21)15(23)24/h4-8H,3H2,1-2H3,(H,23,24). The molecule has 0 spiro atoms. The maximum absolute atomic E-state index is 12.3. The van der Waals surface area contributed by atoms with Gasteiger partial charge in [0.15, 0.2) is 5.69 Å². The molecule has 9 heteroatoms. The van der Waals surface area contributed by atoms with Gasteiger partial charge in [0.25, 0.3) is 5.56 Å². The number of aromatic nitrogens is 6. The molecule has 0 amide bonds. The van der Waals surface area contributed by atoms with Crippen LogP contribution < -0.4 is 5.56 Å². The van der Waals surface area contributed by atoms with Gasteiger partial charge in [-0.05, 0) is 26.0 Å². The zero-order valence-corrected chi connectivity index (χ0v) is 13.0. The molecule has 3 aromatic rings. The van der Waals surface area contributed by atoms with Crippen LogP contribution in [0.3, 0.4) is 0 Å². The maximum Gasteiger partial charge on any atom is 0.356 e. The smallest absolute Gasteiger partial charge is 0.356 e. The monoisotopic (exact) mass is 326 g/mol. The molecule has 0 unspecified atom stereocenters. The lowest BCUT2D eigenvalue weighted by Gasteiger charge is -2.09. The molecule has 122 valence electrons. The van der Waals surface area contributed by atoms with Gasteiger partial charge >= 0.3 is 5.97 Å². The van der Waals surface area contributed by atoms with E-state index in [0.717, 1.165) is 10.4 Å². The van der Waals surface area contributed by atoms with E-state index < -0.39 is 11.5 Å². The van der Waals surface area contributed by atoms with Crippen molar-refractivity contribution in [3.8, 4) is 16.9 Å². The Morgan fingerprint density at radius 3 is 2.75 bits per heavy atom. The second-order valence-corrected chi connectivity index (χ2v) is 5.10. The number of carboxylic acid groups (broad SMARTS) is 1. The number of carboxylic acids is 1. The fourth-order valence-corrected chi connectivity index (χ4v) is 2.29. The number of aryl methyl sites for hydroxylation is 2. The zero-order valence-electron chi connectivity index (χ0n) is 13.0. The average Bonchev–Trinajstić information content (AvgIpc) is 3.05. The average molecular weight is 326 g/mol. The SMILES string of the molecule is CCn1nncc1-c1cncc(-n2nc(C(=O)O)cc(C)c2=O)c1. The largest absolute Gasteiger partial charge is 0.476 e. The van der Waals surface area contributed by atoms with Crippen molar-refractivity contribution in [3.05, 3.63) is 52.3 Å². The summed E-state index contributed by atoms with van der Waals surface area (Å²) in [7, 11) is 0. The molecule has 1 N–H and O–H groups in total. The molecule has 3 rings (SSSR count). The Kier molecular flexibility index (Phi) is 3.90. The lowest BCUT2D eigenvalue weighted by atomic mass is 10.2. The molecule has 3 heterocycles. The van der Waals surface area contributed by atoms with Gasteiger partial charge in [-0.25, -0.2) is 9.48 Å². The summed E-state index contributed by atoms with van der Waals surface area (Å²) in [6, 6.07) is 2.94. The summed E-state index contributed by atoms with van der Waals surface area (Å²) in [5.74, 6) is -1.20. The minimum atomic E-state index is -1.20. The molecule has 0 aliphatic heterocycles. The highest BCUT2D eigenvalue weighted by atomic mass is 16.4. The Morgan fingerprint density at radius 1 is 1.25 bits per heavy atom. The zero-order chi connectivity index (χ0) is 17.3. The van der Waals surface area contributed by atoms with E-state index in [9.17, 15) is 9.59 Å². The quantitative estimate of drug-likeness (QED) is 0.757. The third-order valence-electron chi connectivity index (χ3n) is 3.49. The van der Waals surface area contributed by atoms with Crippen molar-refractivity contribution < 1.29 is 9.90 Å². The summed E-state index contributed by atoms with van der Waals surface area (Å²) in [6.07, 6.45) is 4.66. The van der Waals surface area contributed by atoms with Crippen LogP contribution in [0.25, 0.3) is 16.9 Å². The maximum atomic E-state index is 12.3. The first kappa shape index (κ1) is 15.5. The molecule has 24 heavy (non-hydrogen) atoms. The molecule has 0 saturated carbocycles. The lowest BCUT2D eigenvalue weighted by Crippen LogP contribution is -2.26. The van der Waals surface area contributed by atoms with Crippen LogP contribution in [-0.2, 0) is 6.54 Å². The molecule has 0 saturated heterocycles. The summed E-state index contributed by atoms with van der Waals surface area (Å²) >= 11 is 0. The van der Waals surface area contributed by atoms with E-state index in [4.69, 9.17) is 5.11 Å². The van der Waals surface area contributed by atoms with E-state index in [1.807, 2.05) is 6.92 Å². The van der Waals surface area contributed by atoms with Crippen LogP contribution in [0.4, 0.5) is 0 Å². The van der Waals surface area contributed by atoms with Crippen molar-refractivity contribution in [3.63, 3.8) is 0 Å². The Balaban J connectivity index is 2.17. The topological polar surface area (TPSA) is 116 Å². The van der Waals surface area contributed by atoms with Crippen molar-refractivity contribution in [2.75, 3.05) is 0 Å². The lowest BCUT2D eigenvalue weighted by molar-refractivity contribution is 0.0688. The van der Waals surface area contributed by atoms with E-state index in [-0.39, 0.29) is 11.3 Å². The number of aromatic carboxylic acids is 1. The van der Waals surface area contributed by atoms with Gasteiger partial charge in [-0.2, -0.15) is 9.78 Å². The first-order valence-corrected chi connectivity index (χ1v) is 7.19. The number of hydrogen-bond acceptors (Lipinski definition) is 6. The molecular formula is C15H14N6O3. The third kappa shape index (κ3) is 2.67. The molecule has 0 radical (unpaired) electrons. The molecule has 0 aliphatic rings. The highest BCUT2D eigenvalue weighted by molar-refractivity contribution is 5.85. The van der Waals surface area contributed by atoms with Gasteiger partial charge in [0.2, 0.25) is 0 Å². The minimum absolute atomic E-state index is 0.210. The molecule has 9 nitrogen and oxygen atoms in total. The predicted octanol–water partition coefficient (Wildman–Crippen LogP) is 0.913. The van der Waals surface area contributed by atoms with Gasteiger partial charge in [-0.3, -0.25) is 9.78 Å². The molecule has 0 atom stereocenters. The Morgan fingerprint density at radius 2 is 2.04 bits per heavy atom. The van der Waals surface area contributed by atoms with Crippen LogP contribution >= 0.6 is 0 Å². The second kappa shape index (κ2) is 6.03. The summed E-state index contributed by atoms with van der Waals surface area (Å²) in [5.41, 5.74) is 1.48. The summed E-state index contributed by atoms with van der Waals surface area (Å²) in [5, 5.41) is 20.8. The summed E-state index contributed by atoms with van der Waals surface area (Å²) < 4.78 is 2.73. The van der Waals surface area contributed by atoms with Gasteiger partial charge < -0.3 is 5.11 Å². The van der Waals surface area contributed by atoms with Gasteiger partial charge in [0.05, 0.1) is 23.8 Å². The number of rotatable bonds is 4. The number of pyridine rings is 1. The second-order valence-electron chi connectivity index (χ2n) is 5.10. The van der Waals surface area contributed by atoms with Gasteiger partial charge in [-0.15, -0.1) is 5.10 Å². The number of nitrogens with zero attached hydrogens (tertiary/aromatic N) is 6. The predicted molar refractivity (Wildman–Crippen MR) is 84.0 cm³/mol. The molecule has 3 aromatic heterocycles. The van der Waals surface area contributed by atoms with E-state index in [1.165, 1.54) is 12.3 Å². The first-order chi connectivity index (χ1) is 11.5. The fourth-order valence-electron chi connectivity index (χ4n) is 2.29. The highest BCUT2D eigenvalue weighted by Crippen LogP contribution is 2.19. The normalized spacial score (nSPS) is 10.8. The van der Waals surface area contributed by atoms with Crippen LogP contribution in [0.2, 0.25) is 0 Å². The molecule has 0 fully saturated rings. The van der Waals surface area contributed by atoms with Crippen molar-refractivity contribution in [2.45, 2.75) is 20.4 Å². The van der Waals surface area contributed by atoms with Crippen LogP contribution in [0.1, 0.15) is 23.0 Å². The van der Waals surface area contributed by atoms with Crippen molar-refractivity contribution in [1.29, 1.82) is 0 Å².